The van der Waals surface area contributed by atoms with Gasteiger partial charge in [-0.1, -0.05) is 29.0 Å². The quantitative estimate of drug-likeness (QED) is 0.742. The highest BCUT2D eigenvalue weighted by Gasteiger charge is 2.35. The Bertz CT molecular complexity index is 1050. The summed E-state index contributed by atoms with van der Waals surface area (Å²) in [6.45, 7) is 2.22. The van der Waals surface area contributed by atoms with E-state index < -0.39 is 17.6 Å². The zero-order chi connectivity index (χ0) is 19.1. The maximum atomic E-state index is 13.8. The normalized spacial score (nSPS) is 16.9. The van der Waals surface area contributed by atoms with E-state index in [0.717, 1.165) is 28.7 Å². The molecule has 2 amide bonds. The van der Waals surface area contributed by atoms with Crippen molar-refractivity contribution in [1.29, 1.82) is 0 Å². The van der Waals surface area contributed by atoms with Crippen molar-refractivity contribution in [2.45, 2.75) is 13.3 Å². The molecule has 1 aromatic heterocycles. The van der Waals surface area contributed by atoms with Crippen molar-refractivity contribution in [3.8, 4) is 0 Å². The fraction of sp³-hybridized carbons (Fsp3) is 0.211. The van der Waals surface area contributed by atoms with Gasteiger partial charge in [0.2, 0.25) is 11.8 Å². The molecule has 0 saturated carbocycles. The number of anilines is 2. The lowest BCUT2D eigenvalue weighted by Crippen LogP contribution is -2.28. The third-order valence-corrected chi connectivity index (χ3v) is 5.40. The Hall–Kier alpha value is -2.87. The Balaban J connectivity index is 1.50. The number of nitrogens with zero attached hydrogens (tertiary/aromatic N) is 2. The van der Waals surface area contributed by atoms with Crippen LogP contribution in [0.25, 0.3) is 10.2 Å². The van der Waals surface area contributed by atoms with Crippen molar-refractivity contribution in [1.82, 2.24) is 4.98 Å². The van der Waals surface area contributed by atoms with Gasteiger partial charge in [-0.05, 0) is 25.1 Å². The van der Waals surface area contributed by atoms with Gasteiger partial charge in [0.25, 0.3) is 0 Å². The highest BCUT2D eigenvalue weighted by molar-refractivity contribution is 7.22. The van der Waals surface area contributed by atoms with Gasteiger partial charge in [-0.15, -0.1) is 0 Å². The number of aromatic nitrogens is 1. The van der Waals surface area contributed by atoms with Gasteiger partial charge < -0.3 is 10.2 Å². The minimum Gasteiger partial charge on any atom is -0.312 e. The van der Waals surface area contributed by atoms with Crippen LogP contribution in [0.15, 0.2) is 36.4 Å². The second-order valence-corrected chi connectivity index (χ2v) is 7.51. The van der Waals surface area contributed by atoms with Crippen molar-refractivity contribution in [2.24, 2.45) is 5.92 Å². The molecule has 0 unspecified atom stereocenters. The SMILES string of the molecule is Cc1ccc(N2C[C@@H](C(=O)Nc3nc4c(F)cc(F)cc4s3)CC2=O)cc1. The van der Waals surface area contributed by atoms with E-state index in [1.165, 1.54) is 6.07 Å². The van der Waals surface area contributed by atoms with Crippen molar-refractivity contribution in [3.05, 3.63) is 53.6 Å². The van der Waals surface area contributed by atoms with Gasteiger partial charge in [0.15, 0.2) is 10.9 Å². The minimum absolute atomic E-state index is 0.0143. The summed E-state index contributed by atoms with van der Waals surface area (Å²) in [6.07, 6.45) is 0.0909. The monoisotopic (exact) mass is 387 g/mol. The maximum absolute atomic E-state index is 13.8. The Morgan fingerprint density at radius 2 is 2.00 bits per heavy atom. The van der Waals surface area contributed by atoms with E-state index in [2.05, 4.69) is 10.3 Å². The van der Waals surface area contributed by atoms with Crippen LogP contribution >= 0.6 is 11.3 Å². The molecule has 0 radical (unpaired) electrons. The minimum atomic E-state index is -0.775. The molecular weight excluding hydrogens is 372 g/mol. The molecule has 1 aliphatic rings. The van der Waals surface area contributed by atoms with Crippen LogP contribution in [0, 0.1) is 24.5 Å². The molecule has 0 spiro atoms. The van der Waals surface area contributed by atoms with Crippen LogP contribution in [0.4, 0.5) is 19.6 Å². The highest BCUT2D eigenvalue weighted by atomic mass is 32.1. The molecule has 1 N–H and O–H groups in total. The zero-order valence-corrected chi connectivity index (χ0v) is 15.1. The lowest BCUT2D eigenvalue weighted by Gasteiger charge is -2.16. The van der Waals surface area contributed by atoms with E-state index in [-0.39, 0.29) is 35.4 Å². The fourth-order valence-corrected chi connectivity index (χ4v) is 3.98. The Kier molecular flexibility index (Phi) is 4.35. The van der Waals surface area contributed by atoms with E-state index >= 15 is 0 Å². The van der Waals surface area contributed by atoms with Crippen LogP contribution in [-0.2, 0) is 9.59 Å². The number of benzene rings is 2. The largest absolute Gasteiger partial charge is 0.312 e. The van der Waals surface area contributed by atoms with Gasteiger partial charge in [0, 0.05) is 24.7 Å². The Labute approximate surface area is 157 Å². The Morgan fingerprint density at radius 3 is 2.74 bits per heavy atom. The van der Waals surface area contributed by atoms with Crippen LogP contribution < -0.4 is 10.2 Å². The summed E-state index contributed by atoms with van der Waals surface area (Å²) >= 11 is 0.991. The third kappa shape index (κ3) is 3.40. The van der Waals surface area contributed by atoms with Crippen molar-refractivity contribution in [3.63, 3.8) is 0 Å². The number of hydrogen-bond donors (Lipinski definition) is 1. The lowest BCUT2D eigenvalue weighted by atomic mass is 10.1. The van der Waals surface area contributed by atoms with Crippen LogP contribution in [0.5, 0.6) is 0 Å². The molecule has 3 aromatic rings. The lowest BCUT2D eigenvalue weighted by molar-refractivity contribution is -0.122. The number of carbonyl (C=O) groups excluding carboxylic acids is 2. The molecule has 1 atom stereocenters. The van der Waals surface area contributed by atoms with Crippen molar-refractivity contribution >= 4 is 44.2 Å². The molecule has 1 aliphatic heterocycles. The van der Waals surface area contributed by atoms with E-state index in [1.54, 1.807) is 4.90 Å². The second-order valence-electron chi connectivity index (χ2n) is 6.48. The van der Waals surface area contributed by atoms with Crippen molar-refractivity contribution < 1.29 is 18.4 Å². The number of amides is 2. The van der Waals surface area contributed by atoms with E-state index in [1.807, 2.05) is 31.2 Å². The predicted molar refractivity (Wildman–Crippen MR) is 99.8 cm³/mol. The molecule has 1 saturated heterocycles. The summed E-state index contributed by atoms with van der Waals surface area (Å²) in [5.74, 6) is -2.50. The summed E-state index contributed by atoms with van der Waals surface area (Å²) < 4.78 is 27.4. The van der Waals surface area contributed by atoms with Gasteiger partial charge in [0.1, 0.15) is 11.3 Å². The molecular formula is C19H15F2N3O2S. The maximum Gasteiger partial charge on any atom is 0.231 e. The molecule has 2 aromatic carbocycles. The summed E-state index contributed by atoms with van der Waals surface area (Å²) in [6, 6.07) is 9.43. The number of thiazole rings is 1. The number of aryl methyl sites for hydroxylation is 1. The fourth-order valence-electron chi connectivity index (χ4n) is 3.08. The van der Waals surface area contributed by atoms with Crippen LogP contribution in [0.3, 0.4) is 0 Å². The zero-order valence-electron chi connectivity index (χ0n) is 14.3. The topological polar surface area (TPSA) is 62.3 Å². The van der Waals surface area contributed by atoms with E-state index in [9.17, 15) is 18.4 Å². The van der Waals surface area contributed by atoms with Gasteiger partial charge in [-0.2, -0.15) is 0 Å². The molecule has 1 fully saturated rings. The van der Waals surface area contributed by atoms with Gasteiger partial charge in [-0.25, -0.2) is 13.8 Å². The number of halogens is 2. The Morgan fingerprint density at radius 1 is 1.26 bits per heavy atom. The molecule has 8 heteroatoms. The number of nitrogens with one attached hydrogen (secondary N) is 1. The summed E-state index contributed by atoms with van der Waals surface area (Å²) in [7, 11) is 0. The van der Waals surface area contributed by atoms with Gasteiger partial charge in [-0.3, -0.25) is 9.59 Å². The molecule has 0 bridgehead atoms. The number of hydrogen-bond acceptors (Lipinski definition) is 4. The first-order valence-electron chi connectivity index (χ1n) is 8.34. The second kappa shape index (κ2) is 6.70. The smallest absolute Gasteiger partial charge is 0.231 e. The van der Waals surface area contributed by atoms with Crippen LogP contribution in [0.2, 0.25) is 0 Å². The third-order valence-electron chi connectivity index (χ3n) is 4.48. The molecule has 4 rings (SSSR count). The summed E-state index contributed by atoms with van der Waals surface area (Å²) in [5, 5.41) is 2.80. The predicted octanol–water partition coefficient (Wildman–Crippen LogP) is 3.87. The average molecular weight is 387 g/mol. The summed E-state index contributed by atoms with van der Waals surface area (Å²) in [5.41, 5.74) is 1.85. The molecule has 27 heavy (non-hydrogen) atoms. The van der Waals surface area contributed by atoms with E-state index in [0.29, 0.717) is 4.70 Å². The van der Waals surface area contributed by atoms with Crippen LogP contribution in [0.1, 0.15) is 12.0 Å². The first-order valence-corrected chi connectivity index (χ1v) is 9.16. The van der Waals surface area contributed by atoms with Gasteiger partial charge in [0.05, 0.1) is 10.6 Å². The molecule has 2 heterocycles. The molecule has 5 nitrogen and oxygen atoms in total. The standard InChI is InChI=1S/C19H15F2N3O2S/c1-10-2-4-13(5-3-10)24-9-11(6-16(24)25)18(26)23-19-22-17-14(21)7-12(20)8-15(17)27-19/h2-5,7-8,11H,6,9H2,1H3,(H,22,23,26)/t11-/m0/s1. The molecule has 0 aliphatic carbocycles. The highest BCUT2D eigenvalue weighted by Crippen LogP contribution is 2.30. The van der Waals surface area contributed by atoms with Crippen molar-refractivity contribution in [2.75, 3.05) is 16.8 Å². The first kappa shape index (κ1) is 17.5. The number of carbonyl (C=O) groups is 2. The molecule has 138 valence electrons. The van der Waals surface area contributed by atoms with E-state index in [4.69, 9.17) is 0 Å². The first-order chi connectivity index (χ1) is 12.9. The van der Waals surface area contributed by atoms with Gasteiger partial charge >= 0.3 is 0 Å². The van der Waals surface area contributed by atoms with Crippen LogP contribution in [-0.4, -0.2) is 23.3 Å². The number of fused-ring (bicyclic) bond motifs is 1. The summed E-state index contributed by atoms with van der Waals surface area (Å²) in [4.78, 5) is 30.4. The number of rotatable bonds is 3. The average Bonchev–Trinajstić information content (AvgIpc) is 3.19.